The van der Waals surface area contributed by atoms with E-state index in [0.29, 0.717) is 30.8 Å². The second-order valence-electron chi connectivity index (χ2n) is 9.31. The molecule has 7 nitrogen and oxygen atoms in total. The molecule has 0 saturated heterocycles. The number of carbonyl (C=O) groups excluding carboxylic acids is 2. The van der Waals surface area contributed by atoms with Gasteiger partial charge in [0.15, 0.2) is 0 Å². The fourth-order valence-electron chi connectivity index (χ4n) is 4.39. The van der Waals surface area contributed by atoms with E-state index in [1.165, 1.54) is 0 Å². The summed E-state index contributed by atoms with van der Waals surface area (Å²) in [7, 11) is 3.21. The van der Waals surface area contributed by atoms with Crippen molar-refractivity contribution in [3.8, 4) is 11.5 Å². The molecule has 2 aromatic carbocycles. The number of amides is 2. The fraction of sp³-hybridized carbons (Fsp3) is 0.385. The lowest BCUT2D eigenvalue weighted by Crippen LogP contribution is -2.47. The Bertz CT molecular complexity index is 1090. The number of benzene rings is 2. The third-order valence-electron chi connectivity index (χ3n) is 6.04. The van der Waals surface area contributed by atoms with E-state index < -0.39 is 17.2 Å². The van der Waals surface area contributed by atoms with Gasteiger partial charge in [-0.15, -0.1) is 0 Å². The third kappa shape index (κ3) is 4.27. The Kier molecular flexibility index (Phi) is 5.82. The molecule has 1 spiro atoms. The fourth-order valence-corrected chi connectivity index (χ4v) is 4.39. The zero-order chi connectivity index (χ0) is 23.8. The van der Waals surface area contributed by atoms with Crippen LogP contribution in [0.15, 0.2) is 54.7 Å². The highest BCUT2D eigenvalue weighted by atomic mass is 16.6. The van der Waals surface area contributed by atoms with E-state index >= 15 is 0 Å². The molecule has 0 radical (unpaired) electrons. The van der Waals surface area contributed by atoms with Gasteiger partial charge >= 0.3 is 6.09 Å². The van der Waals surface area contributed by atoms with Crippen molar-refractivity contribution in [2.45, 2.75) is 44.9 Å². The lowest BCUT2D eigenvalue weighted by molar-refractivity contribution is 0.0268. The van der Waals surface area contributed by atoms with Crippen molar-refractivity contribution in [2.75, 3.05) is 20.8 Å². The standard InChI is InChI=1S/C26H30N2O5/c1-25(2,3)33-24(30)27-14-12-26(13-15-27)22-11-10-20(32-5)16-21(22)23(29)28(26)17-18-6-8-19(31-4)9-7-18/h6-12,14,16H,13,15,17H2,1-5H3. The van der Waals surface area contributed by atoms with Crippen LogP contribution in [0, 0.1) is 0 Å². The lowest BCUT2D eigenvalue weighted by Gasteiger charge is -2.41. The van der Waals surface area contributed by atoms with E-state index in [-0.39, 0.29) is 5.91 Å². The summed E-state index contributed by atoms with van der Waals surface area (Å²) in [4.78, 5) is 29.6. The minimum Gasteiger partial charge on any atom is -0.497 e. The molecule has 2 amide bonds. The largest absolute Gasteiger partial charge is 0.497 e. The third-order valence-corrected chi connectivity index (χ3v) is 6.04. The molecule has 2 aliphatic rings. The van der Waals surface area contributed by atoms with Crippen LogP contribution >= 0.6 is 0 Å². The van der Waals surface area contributed by atoms with Gasteiger partial charge in [-0.2, -0.15) is 0 Å². The van der Waals surface area contributed by atoms with Crippen molar-refractivity contribution >= 4 is 12.0 Å². The summed E-state index contributed by atoms with van der Waals surface area (Å²) in [5, 5.41) is 0. The maximum atomic E-state index is 13.6. The summed E-state index contributed by atoms with van der Waals surface area (Å²) >= 11 is 0. The first-order chi connectivity index (χ1) is 15.7. The molecule has 174 valence electrons. The van der Waals surface area contributed by atoms with Gasteiger partial charge < -0.3 is 19.1 Å². The van der Waals surface area contributed by atoms with Gasteiger partial charge in [-0.1, -0.05) is 18.2 Å². The molecule has 0 fully saturated rings. The van der Waals surface area contributed by atoms with Crippen molar-refractivity contribution in [3.63, 3.8) is 0 Å². The van der Waals surface area contributed by atoms with E-state index in [0.717, 1.165) is 16.9 Å². The van der Waals surface area contributed by atoms with E-state index in [4.69, 9.17) is 14.2 Å². The average Bonchev–Trinajstić information content (AvgIpc) is 3.01. The Balaban J connectivity index is 1.70. The smallest absolute Gasteiger partial charge is 0.414 e. The minimum absolute atomic E-state index is 0.0601. The van der Waals surface area contributed by atoms with Gasteiger partial charge in [0.25, 0.3) is 5.91 Å². The number of hydrogen-bond acceptors (Lipinski definition) is 5. The van der Waals surface area contributed by atoms with Crippen LogP contribution < -0.4 is 9.47 Å². The maximum absolute atomic E-state index is 13.6. The summed E-state index contributed by atoms with van der Waals surface area (Å²) in [6.07, 6.45) is 3.85. The van der Waals surface area contributed by atoms with Gasteiger partial charge in [-0.25, -0.2) is 4.79 Å². The van der Waals surface area contributed by atoms with Gasteiger partial charge in [-0.05, 0) is 68.7 Å². The predicted molar refractivity (Wildman–Crippen MR) is 124 cm³/mol. The van der Waals surface area contributed by atoms with E-state index in [9.17, 15) is 9.59 Å². The van der Waals surface area contributed by atoms with Crippen LogP contribution in [0.3, 0.4) is 0 Å². The number of nitrogens with zero attached hydrogens (tertiary/aromatic N) is 2. The molecule has 33 heavy (non-hydrogen) atoms. The topological polar surface area (TPSA) is 68.3 Å². The van der Waals surface area contributed by atoms with Gasteiger partial charge in [-0.3, -0.25) is 9.69 Å². The molecular formula is C26H30N2O5. The highest BCUT2D eigenvalue weighted by molar-refractivity contribution is 6.01. The van der Waals surface area contributed by atoms with Crippen molar-refractivity contribution < 1.29 is 23.8 Å². The highest BCUT2D eigenvalue weighted by Gasteiger charge is 2.49. The van der Waals surface area contributed by atoms with Crippen molar-refractivity contribution in [3.05, 3.63) is 71.4 Å². The molecule has 2 aromatic rings. The van der Waals surface area contributed by atoms with E-state index in [1.807, 2.05) is 68.1 Å². The molecule has 0 aliphatic carbocycles. The van der Waals surface area contributed by atoms with Crippen LogP contribution in [-0.4, -0.2) is 48.2 Å². The minimum atomic E-state index is -0.656. The Morgan fingerprint density at radius 3 is 2.27 bits per heavy atom. The zero-order valence-corrected chi connectivity index (χ0v) is 19.8. The molecule has 0 aromatic heterocycles. The number of fused-ring (bicyclic) bond motifs is 2. The quantitative estimate of drug-likeness (QED) is 0.675. The Hall–Kier alpha value is -3.48. The number of hydrogen-bond donors (Lipinski definition) is 0. The van der Waals surface area contributed by atoms with Gasteiger partial charge in [0.1, 0.15) is 17.1 Å². The molecule has 0 N–H and O–H groups in total. The van der Waals surface area contributed by atoms with Crippen LogP contribution in [0.2, 0.25) is 0 Å². The Labute approximate surface area is 194 Å². The van der Waals surface area contributed by atoms with Crippen molar-refractivity contribution in [1.82, 2.24) is 9.80 Å². The van der Waals surface area contributed by atoms with Crippen LogP contribution in [0.1, 0.15) is 48.7 Å². The van der Waals surface area contributed by atoms with E-state index in [2.05, 4.69) is 0 Å². The number of ether oxygens (including phenoxy) is 3. The Morgan fingerprint density at radius 1 is 1.03 bits per heavy atom. The van der Waals surface area contributed by atoms with Gasteiger partial charge in [0, 0.05) is 24.9 Å². The summed E-state index contributed by atoms with van der Waals surface area (Å²) in [6.45, 7) is 6.39. The van der Waals surface area contributed by atoms with Crippen LogP contribution in [0.5, 0.6) is 11.5 Å². The highest BCUT2D eigenvalue weighted by Crippen LogP contribution is 2.46. The van der Waals surface area contributed by atoms with Gasteiger partial charge in [0.05, 0.1) is 19.8 Å². The number of rotatable bonds is 4. The monoisotopic (exact) mass is 450 g/mol. The van der Waals surface area contributed by atoms with Crippen molar-refractivity contribution in [2.24, 2.45) is 0 Å². The molecule has 1 atom stereocenters. The number of carbonyl (C=O) groups is 2. The van der Waals surface area contributed by atoms with Gasteiger partial charge in [0.2, 0.25) is 0 Å². The molecule has 2 aliphatic heterocycles. The maximum Gasteiger partial charge on any atom is 0.414 e. The normalized spacial score (nSPS) is 19.6. The molecule has 0 saturated carbocycles. The first-order valence-electron chi connectivity index (χ1n) is 11.0. The summed E-state index contributed by atoms with van der Waals surface area (Å²) in [5.74, 6) is 1.34. The van der Waals surface area contributed by atoms with Crippen LogP contribution in [0.4, 0.5) is 4.79 Å². The van der Waals surface area contributed by atoms with Crippen LogP contribution in [-0.2, 0) is 16.8 Å². The van der Waals surface area contributed by atoms with E-state index in [1.54, 1.807) is 31.4 Å². The second kappa shape index (κ2) is 8.46. The summed E-state index contributed by atoms with van der Waals surface area (Å²) < 4.78 is 16.1. The zero-order valence-electron chi connectivity index (χ0n) is 19.8. The second-order valence-corrected chi connectivity index (χ2v) is 9.31. The first kappa shape index (κ1) is 22.7. The SMILES string of the molecule is COc1ccc(CN2C(=O)c3cc(OC)ccc3C23C=CN(C(=O)OC(C)(C)C)CC3)cc1. The molecule has 7 heteroatoms. The molecule has 2 heterocycles. The predicted octanol–water partition coefficient (Wildman–Crippen LogP) is 4.71. The molecular weight excluding hydrogens is 420 g/mol. The van der Waals surface area contributed by atoms with Crippen molar-refractivity contribution in [1.29, 1.82) is 0 Å². The summed E-state index contributed by atoms with van der Waals surface area (Å²) in [6, 6.07) is 13.3. The first-order valence-corrected chi connectivity index (χ1v) is 11.0. The molecule has 1 unspecified atom stereocenters. The molecule has 0 bridgehead atoms. The number of methoxy groups -OCH3 is 2. The molecule has 4 rings (SSSR count). The Morgan fingerprint density at radius 2 is 1.70 bits per heavy atom. The average molecular weight is 451 g/mol. The summed E-state index contributed by atoms with van der Waals surface area (Å²) in [5.41, 5.74) is 1.30. The lowest BCUT2D eigenvalue weighted by atomic mass is 9.84. The van der Waals surface area contributed by atoms with Crippen LogP contribution in [0.25, 0.3) is 0 Å².